The molecule has 1 aromatic carbocycles. The number of amides is 1. The van der Waals surface area contributed by atoms with Crippen LogP contribution >= 0.6 is 0 Å². The van der Waals surface area contributed by atoms with Gasteiger partial charge in [-0.25, -0.2) is 0 Å². The van der Waals surface area contributed by atoms with Crippen LogP contribution in [-0.2, 0) is 4.79 Å². The summed E-state index contributed by atoms with van der Waals surface area (Å²) in [5.41, 5.74) is 7.64. The second-order valence-electron chi connectivity index (χ2n) is 4.97. The highest BCUT2D eigenvalue weighted by Crippen LogP contribution is 2.17. The number of carbonyl (C=O) groups excluding carboxylic acids is 1. The SMILES string of the molecule is CCC(N)(CC)C(=O)NC(C)c1ccc(C)cc1. The van der Waals surface area contributed by atoms with Crippen LogP contribution in [0.2, 0.25) is 0 Å². The Bertz CT molecular complexity index is 393. The fourth-order valence-electron chi connectivity index (χ4n) is 1.85. The van der Waals surface area contributed by atoms with Crippen molar-refractivity contribution in [1.29, 1.82) is 0 Å². The summed E-state index contributed by atoms with van der Waals surface area (Å²) in [6, 6.07) is 8.16. The predicted molar refractivity (Wildman–Crippen MR) is 75.2 cm³/mol. The Kier molecular flexibility index (Phi) is 4.91. The number of benzene rings is 1. The van der Waals surface area contributed by atoms with Crippen LogP contribution in [0.5, 0.6) is 0 Å². The van der Waals surface area contributed by atoms with E-state index in [-0.39, 0.29) is 11.9 Å². The van der Waals surface area contributed by atoms with Crippen LogP contribution in [0.15, 0.2) is 24.3 Å². The quantitative estimate of drug-likeness (QED) is 0.841. The summed E-state index contributed by atoms with van der Waals surface area (Å²) < 4.78 is 0. The number of hydrogen-bond acceptors (Lipinski definition) is 2. The molecule has 1 amide bonds. The highest BCUT2D eigenvalue weighted by Gasteiger charge is 2.30. The Hall–Kier alpha value is -1.35. The van der Waals surface area contributed by atoms with Crippen LogP contribution in [-0.4, -0.2) is 11.4 Å². The molecule has 1 aromatic rings. The average molecular weight is 248 g/mol. The van der Waals surface area contributed by atoms with Crippen molar-refractivity contribution in [1.82, 2.24) is 5.32 Å². The molecule has 0 saturated heterocycles. The first-order valence-electron chi connectivity index (χ1n) is 6.59. The zero-order valence-electron chi connectivity index (χ0n) is 11.8. The average Bonchev–Trinajstić information content (AvgIpc) is 2.38. The lowest BCUT2D eigenvalue weighted by Crippen LogP contribution is -2.53. The molecule has 0 radical (unpaired) electrons. The molecule has 1 atom stereocenters. The van der Waals surface area contributed by atoms with Crippen molar-refractivity contribution in [3.63, 3.8) is 0 Å². The van der Waals surface area contributed by atoms with Crippen LogP contribution in [0.25, 0.3) is 0 Å². The smallest absolute Gasteiger partial charge is 0.240 e. The van der Waals surface area contributed by atoms with Crippen molar-refractivity contribution in [2.24, 2.45) is 5.73 Å². The molecule has 3 N–H and O–H groups in total. The first-order chi connectivity index (χ1) is 8.42. The van der Waals surface area contributed by atoms with Crippen LogP contribution < -0.4 is 11.1 Å². The molecule has 3 heteroatoms. The maximum atomic E-state index is 12.1. The van der Waals surface area contributed by atoms with Crippen molar-refractivity contribution in [3.8, 4) is 0 Å². The molecule has 1 rings (SSSR count). The summed E-state index contributed by atoms with van der Waals surface area (Å²) in [7, 11) is 0. The van der Waals surface area contributed by atoms with Crippen LogP contribution in [0, 0.1) is 6.92 Å². The molecule has 0 aliphatic carbocycles. The van der Waals surface area contributed by atoms with Gasteiger partial charge in [0.15, 0.2) is 0 Å². The fourth-order valence-corrected chi connectivity index (χ4v) is 1.85. The number of nitrogens with one attached hydrogen (secondary N) is 1. The Morgan fingerprint density at radius 2 is 1.78 bits per heavy atom. The lowest BCUT2D eigenvalue weighted by atomic mass is 9.92. The number of rotatable bonds is 5. The highest BCUT2D eigenvalue weighted by atomic mass is 16.2. The molecular formula is C15H24N2O. The largest absolute Gasteiger partial charge is 0.348 e. The van der Waals surface area contributed by atoms with E-state index in [1.807, 2.05) is 52.0 Å². The molecule has 100 valence electrons. The van der Waals surface area contributed by atoms with Gasteiger partial charge in [0, 0.05) is 0 Å². The van der Waals surface area contributed by atoms with E-state index in [4.69, 9.17) is 5.73 Å². The van der Waals surface area contributed by atoms with E-state index in [0.29, 0.717) is 12.8 Å². The summed E-state index contributed by atoms with van der Waals surface area (Å²) in [6.45, 7) is 7.92. The lowest BCUT2D eigenvalue weighted by Gasteiger charge is -2.27. The van der Waals surface area contributed by atoms with Gasteiger partial charge in [-0.05, 0) is 32.3 Å². The standard InChI is InChI=1S/C15H24N2O/c1-5-15(16,6-2)14(18)17-12(4)13-9-7-11(3)8-10-13/h7-10,12H,5-6,16H2,1-4H3,(H,17,18). The minimum atomic E-state index is -0.751. The fraction of sp³-hybridized carbons (Fsp3) is 0.533. The topological polar surface area (TPSA) is 55.1 Å². The zero-order valence-corrected chi connectivity index (χ0v) is 11.8. The number of hydrogen-bond donors (Lipinski definition) is 2. The molecule has 0 saturated carbocycles. The Labute approximate surface area is 110 Å². The van der Waals surface area contributed by atoms with Crippen molar-refractivity contribution in [3.05, 3.63) is 35.4 Å². The molecule has 0 spiro atoms. The van der Waals surface area contributed by atoms with Crippen LogP contribution in [0.1, 0.15) is 50.8 Å². The van der Waals surface area contributed by atoms with Gasteiger partial charge in [-0.3, -0.25) is 4.79 Å². The first kappa shape index (κ1) is 14.7. The third kappa shape index (κ3) is 3.33. The van der Waals surface area contributed by atoms with Crippen LogP contribution in [0.4, 0.5) is 0 Å². The van der Waals surface area contributed by atoms with Crippen molar-refractivity contribution < 1.29 is 4.79 Å². The molecular weight excluding hydrogens is 224 g/mol. The third-order valence-electron chi connectivity index (χ3n) is 3.64. The molecule has 0 aliphatic rings. The van der Waals surface area contributed by atoms with Gasteiger partial charge in [0.05, 0.1) is 11.6 Å². The third-order valence-corrected chi connectivity index (χ3v) is 3.64. The number of carbonyl (C=O) groups is 1. The van der Waals surface area contributed by atoms with Gasteiger partial charge >= 0.3 is 0 Å². The number of aryl methyl sites for hydroxylation is 1. The van der Waals surface area contributed by atoms with Gasteiger partial charge in [0.2, 0.25) is 5.91 Å². The van der Waals surface area contributed by atoms with E-state index >= 15 is 0 Å². The summed E-state index contributed by atoms with van der Waals surface area (Å²) in [4.78, 5) is 12.1. The van der Waals surface area contributed by atoms with Gasteiger partial charge in [-0.1, -0.05) is 43.7 Å². The maximum absolute atomic E-state index is 12.1. The zero-order chi connectivity index (χ0) is 13.8. The van der Waals surface area contributed by atoms with Gasteiger partial charge in [-0.15, -0.1) is 0 Å². The molecule has 0 bridgehead atoms. The predicted octanol–water partition coefficient (Wildman–Crippen LogP) is 2.69. The monoisotopic (exact) mass is 248 g/mol. The molecule has 18 heavy (non-hydrogen) atoms. The second kappa shape index (κ2) is 6.01. The normalized spacial score (nSPS) is 13.2. The van der Waals surface area contributed by atoms with Crippen LogP contribution in [0.3, 0.4) is 0 Å². The van der Waals surface area contributed by atoms with Gasteiger partial charge in [0.25, 0.3) is 0 Å². The van der Waals surface area contributed by atoms with Gasteiger partial charge in [0.1, 0.15) is 0 Å². The Morgan fingerprint density at radius 3 is 2.22 bits per heavy atom. The summed E-state index contributed by atoms with van der Waals surface area (Å²) in [6.07, 6.45) is 1.30. The van der Waals surface area contributed by atoms with E-state index < -0.39 is 5.54 Å². The molecule has 0 fully saturated rings. The van der Waals surface area contributed by atoms with Gasteiger partial charge in [-0.2, -0.15) is 0 Å². The molecule has 0 aromatic heterocycles. The van der Waals surface area contributed by atoms with E-state index in [2.05, 4.69) is 5.32 Å². The van der Waals surface area contributed by atoms with Crippen molar-refractivity contribution >= 4 is 5.91 Å². The lowest BCUT2D eigenvalue weighted by molar-refractivity contribution is -0.127. The van der Waals surface area contributed by atoms with Crippen molar-refractivity contribution in [2.45, 2.75) is 52.1 Å². The van der Waals surface area contributed by atoms with E-state index in [0.717, 1.165) is 5.56 Å². The Morgan fingerprint density at radius 1 is 1.28 bits per heavy atom. The van der Waals surface area contributed by atoms with E-state index in [1.54, 1.807) is 0 Å². The van der Waals surface area contributed by atoms with E-state index in [9.17, 15) is 4.79 Å². The summed E-state index contributed by atoms with van der Waals surface area (Å²) in [5.74, 6) is -0.0689. The number of nitrogens with two attached hydrogens (primary N) is 1. The van der Waals surface area contributed by atoms with Gasteiger partial charge < -0.3 is 11.1 Å². The molecule has 1 unspecified atom stereocenters. The minimum Gasteiger partial charge on any atom is -0.348 e. The Balaban J connectivity index is 2.73. The molecule has 3 nitrogen and oxygen atoms in total. The van der Waals surface area contributed by atoms with E-state index in [1.165, 1.54) is 5.56 Å². The molecule has 0 heterocycles. The second-order valence-corrected chi connectivity index (χ2v) is 4.97. The summed E-state index contributed by atoms with van der Waals surface area (Å²) >= 11 is 0. The maximum Gasteiger partial charge on any atom is 0.240 e. The van der Waals surface area contributed by atoms with Crippen molar-refractivity contribution in [2.75, 3.05) is 0 Å². The first-order valence-corrected chi connectivity index (χ1v) is 6.59. The molecule has 0 aliphatic heterocycles. The summed E-state index contributed by atoms with van der Waals surface area (Å²) in [5, 5.41) is 2.99. The minimum absolute atomic E-state index is 0.0147. The highest BCUT2D eigenvalue weighted by molar-refractivity contribution is 5.86.